The minimum atomic E-state index is -4.23. The number of hydrogen-bond acceptors (Lipinski definition) is 3. The molecule has 0 aromatic heterocycles. The van der Waals surface area contributed by atoms with Gasteiger partial charge >= 0.3 is 12.2 Å². The molecule has 2 rings (SSSR count). The molecule has 0 unspecified atom stereocenters. The van der Waals surface area contributed by atoms with Crippen molar-refractivity contribution >= 4 is 23.3 Å². The van der Waals surface area contributed by atoms with Gasteiger partial charge in [-0.3, -0.25) is 9.69 Å². The molecule has 9 heteroatoms. The normalized spacial score (nSPS) is 11.2. The average molecular weight is 408 g/mol. The van der Waals surface area contributed by atoms with E-state index in [9.17, 15) is 22.8 Å². The second kappa shape index (κ2) is 10.5. The monoisotopic (exact) mass is 408 g/mol. The van der Waals surface area contributed by atoms with Crippen LogP contribution in [0.4, 0.5) is 29.3 Å². The Morgan fingerprint density at radius 3 is 2.10 bits per heavy atom. The van der Waals surface area contributed by atoms with Crippen LogP contribution in [0.3, 0.4) is 0 Å². The lowest BCUT2D eigenvalue weighted by molar-refractivity contribution is -0.143. The van der Waals surface area contributed by atoms with Crippen molar-refractivity contribution in [3.63, 3.8) is 0 Å². The molecule has 2 aromatic carbocycles. The fraction of sp³-hybridized carbons (Fsp3) is 0.300. The SMILES string of the molecule is CN(CCCNC(=O)c1ccc(NC(=O)Nc2ccccc2)cc1)CC(F)(F)F. The molecule has 3 N–H and O–H groups in total. The molecule has 0 fully saturated rings. The van der Waals surface area contributed by atoms with Crippen molar-refractivity contribution in [1.29, 1.82) is 0 Å². The summed E-state index contributed by atoms with van der Waals surface area (Å²) in [7, 11) is 1.38. The molecule has 29 heavy (non-hydrogen) atoms. The third-order valence-electron chi connectivity index (χ3n) is 3.89. The van der Waals surface area contributed by atoms with Gasteiger partial charge in [-0.15, -0.1) is 0 Å². The third-order valence-corrected chi connectivity index (χ3v) is 3.89. The molecule has 0 heterocycles. The van der Waals surface area contributed by atoms with Crippen LogP contribution < -0.4 is 16.0 Å². The van der Waals surface area contributed by atoms with Crippen molar-refractivity contribution in [2.24, 2.45) is 0 Å². The molecule has 0 bridgehead atoms. The fourth-order valence-electron chi connectivity index (χ4n) is 2.56. The zero-order chi connectivity index (χ0) is 21.3. The molecule has 0 saturated heterocycles. The fourth-order valence-corrected chi connectivity index (χ4v) is 2.56. The first-order valence-electron chi connectivity index (χ1n) is 8.99. The summed E-state index contributed by atoms with van der Waals surface area (Å²) >= 11 is 0. The molecular weight excluding hydrogens is 385 g/mol. The van der Waals surface area contributed by atoms with Crippen LogP contribution in [0.25, 0.3) is 0 Å². The number of anilines is 2. The largest absolute Gasteiger partial charge is 0.401 e. The number of carbonyl (C=O) groups is 2. The second-order valence-corrected chi connectivity index (χ2v) is 6.48. The molecule has 3 amide bonds. The maximum atomic E-state index is 12.2. The highest BCUT2D eigenvalue weighted by Gasteiger charge is 2.28. The molecule has 0 saturated carbocycles. The van der Waals surface area contributed by atoms with Crippen molar-refractivity contribution < 1.29 is 22.8 Å². The van der Waals surface area contributed by atoms with Crippen LogP contribution in [-0.4, -0.2) is 49.7 Å². The van der Waals surface area contributed by atoms with Gasteiger partial charge in [0.15, 0.2) is 0 Å². The van der Waals surface area contributed by atoms with Gasteiger partial charge < -0.3 is 16.0 Å². The number of alkyl halides is 3. The lowest BCUT2D eigenvalue weighted by Crippen LogP contribution is -2.33. The summed E-state index contributed by atoms with van der Waals surface area (Å²) in [4.78, 5) is 25.2. The number of halogens is 3. The van der Waals surface area contributed by atoms with E-state index in [2.05, 4.69) is 16.0 Å². The number of hydrogen-bond donors (Lipinski definition) is 3. The van der Waals surface area contributed by atoms with E-state index in [1.54, 1.807) is 48.5 Å². The lowest BCUT2D eigenvalue weighted by atomic mass is 10.2. The maximum absolute atomic E-state index is 12.2. The van der Waals surface area contributed by atoms with E-state index in [-0.39, 0.29) is 19.0 Å². The lowest BCUT2D eigenvalue weighted by Gasteiger charge is -2.18. The predicted octanol–water partition coefficient (Wildman–Crippen LogP) is 3.94. The molecular formula is C20H23F3N4O2. The van der Waals surface area contributed by atoms with E-state index in [1.165, 1.54) is 7.05 Å². The van der Waals surface area contributed by atoms with Gasteiger partial charge in [0.1, 0.15) is 0 Å². The Labute approximate surface area is 167 Å². The molecule has 0 atom stereocenters. The Morgan fingerprint density at radius 2 is 1.52 bits per heavy atom. The van der Waals surface area contributed by atoms with Crippen molar-refractivity contribution in [3.05, 3.63) is 60.2 Å². The van der Waals surface area contributed by atoms with Crippen LogP contribution >= 0.6 is 0 Å². The van der Waals surface area contributed by atoms with Gasteiger partial charge in [-0.1, -0.05) is 18.2 Å². The number of nitrogens with one attached hydrogen (secondary N) is 3. The topological polar surface area (TPSA) is 73.5 Å². The summed E-state index contributed by atoms with van der Waals surface area (Å²) in [6, 6.07) is 14.9. The van der Waals surface area contributed by atoms with Gasteiger partial charge in [-0.05, 0) is 56.4 Å². The quantitative estimate of drug-likeness (QED) is 0.579. The number of benzene rings is 2. The van der Waals surface area contributed by atoms with E-state index in [1.807, 2.05) is 6.07 Å². The molecule has 6 nitrogen and oxygen atoms in total. The number of amides is 3. The van der Waals surface area contributed by atoms with Gasteiger partial charge in [0, 0.05) is 23.5 Å². The third kappa shape index (κ3) is 8.65. The van der Waals surface area contributed by atoms with Gasteiger partial charge in [0.2, 0.25) is 0 Å². The molecule has 156 valence electrons. The smallest absolute Gasteiger partial charge is 0.352 e. The second-order valence-electron chi connectivity index (χ2n) is 6.48. The van der Waals surface area contributed by atoms with Gasteiger partial charge in [0.25, 0.3) is 5.91 Å². The Hall–Kier alpha value is -3.07. The molecule has 0 aliphatic carbocycles. The molecule has 0 spiro atoms. The van der Waals surface area contributed by atoms with Crippen LogP contribution in [0.15, 0.2) is 54.6 Å². The van der Waals surface area contributed by atoms with Crippen molar-refractivity contribution in [2.45, 2.75) is 12.6 Å². The zero-order valence-electron chi connectivity index (χ0n) is 15.9. The Bertz CT molecular complexity index is 796. The summed E-state index contributed by atoms with van der Waals surface area (Å²) in [6.45, 7) is -0.493. The van der Waals surface area contributed by atoms with Gasteiger partial charge in [-0.25, -0.2) is 4.79 Å². The predicted molar refractivity (Wildman–Crippen MR) is 106 cm³/mol. The summed E-state index contributed by atoms with van der Waals surface area (Å²) in [5.74, 6) is -0.330. The average Bonchev–Trinajstić information content (AvgIpc) is 2.65. The highest BCUT2D eigenvalue weighted by molar-refractivity contribution is 6.00. The first-order valence-corrected chi connectivity index (χ1v) is 8.99. The summed E-state index contributed by atoms with van der Waals surface area (Å²) in [6.07, 6.45) is -3.83. The first kappa shape index (κ1) is 22.2. The van der Waals surface area contributed by atoms with Crippen LogP contribution in [0, 0.1) is 0 Å². The minimum Gasteiger partial charge on any atom is -0.352 e. The number of para-hydroxylation sites is 1. The molecule has 0 aliphatic heterocycles. The first-order chi connectivity index (χ1) is 13.7. The Balaban J connectivity index is 1.73. The van der Waals surface area contributed by atoms with E-state index < -0.39 is 18.8 Å². The molecule has 0 aliphatic rings. The molecule has 2 aromatic rings. The van der Waals surface area contributed by atoms with Crippen LogP contribution in [0.2, 0.25) is 0 Å². The maximum Gasteiger partial charge on any atom is 0.401 e. The van der Waals surface area contributed by atoms with Gasteiger partial charge in [0.05, 0.1) is 6.54 Å². The zero-order valence-corrected chi connectivity index (χ0v) is 15.9. The van der Waals surface area contributed by atoms with Crippen LogP contribution in [-0.2, 0) is 0 Å². The van der Waals surface area contributed by atoms with E-state index >= 15 is 0 Å². The summed E-state index contributed by atoms with van der Waals surface area (Å²) in [5.41, 5.74) is 1.56. The molecule has 0 radical (unpaired) electrons. The number of rotatable bonds is 8. The summed E-state index contributed by atoms with van der Waals surface area (Å²) in [5, 5.41) is 8.01. The summed E-state index contributed by atoms with van der Waals surface area (Å²) < 4.78 is 36.7. The van der Waals surface area contributed by atoms with E-state index in [0.29, 0.717) is 23.4 Å². The number of nitrogens with zero attached hydrogens (tertiary/aromatic N) is 1. The number of carbonyl (C=O) groups excluding carboxylic acids is 2. The number of urea groups is 1. The van der Waals surface area contributed by atoms with Crippen molar-refractivity contribution in [2.75, 3.05) is 37.3 Å². The van der Waals surface area contributed by atoms with E-state index in [0.717, 1.165) is 4.90 Å². The Kier molecular flexibility index (Phi) is 8.02. The van der Waals surface area contributed by atoms with Crippen molar-refractivity contribution in [3.8, 4) is 0 Å². The minimum absolute atomic E-state index is 0.221. The highest BCUT2D eigenvalue weighted by atomic mass is 19.4. The highest BCUT2D eigenvalue weighted by Crippen LogP contribution is 2.15. The Morgan fingerprint density at radius 1 is 0.931 bits per heavy atom. The van der Waals surface area contributed by atoms with Gasteiger partial charge in [-0.2, -0.15) is 13.2 Å². The van der Waals surface area contributed by atoms with Crippen LogP contribution in [0.5, 0.6) is 0 Å². The van der Waals surface area contributed by atoms with Crippen LogP contribution in [0.1, 0.15) is 16.8 Å². The standard InChI is InChI=1S/C20H23F3N4O2/c1-27(14-20(21,22)23)13-5-12-24-18(28)15-8-10-17(11-9-15)26-19(29)25-16-6-3-2-4-7-16/h2-4,6-11H,5,12-14H2,1H3,(H,24,28)(H2,25,26,29). The van der Waals surface area contributed by atoms with E-state index in [4.69, 9.17) is 0 Å². The van der Waals surface area contributed by atoms with Crippen molar-refractivity contribution in [1.82, 2.24) is 10.2 Å².